The number of phenolic OH excluding ortho intramolecular Hbond substituents is 1. The third-order valence-corrected chi connectivity index (χ3v) is 5.86. The molecule has 0 saturated heterocycles. The molecule has 38 heavy (non-hydrogen) atoms. The minimum atomic E-state index is -0.885. The molecule has 8 nitrogen and oxygen atoms in total. The van der Waals surface area contributed by atoms with Crippen molar-refractivity contribution >= 4 is 28.5 Å². The van der Waals surface area contributed by atoms with E-state index in [-0.39, 0.29) is 5.75 Å². The monoisotopic (exact) mass is 512 g/mol. The van der Waals surface area contributed by atoms with Crippen LogP contribution in [0.5, 0.6) is 11.5 Å². The summed E-state index contributed by atoms with van der Waals surface area (Å²) in [6, 6.07) is 28.7. The van der Waals surface area contributed by atoms with Crippen LogP contribution in [0, 0.1) is 0 Å². The van der Waals surface area contributed by atoms with E-state index in [2.05, 4.69) is 5.32 Å². The smallest absolute Gasteiger partial charge is 0.412 e. The van der Waals surface area contributed by atoms with Gasteiger partial charge in [-0.25, -0.2) is 10.3 Å². The normalized spacial score (nSPS) is 12.6. The number of fused-ring (bicyclic) bond motifs is 1. The van der Waals surface area contributed by atoms with Crippen LogP contribution in [0.3, 0.4) is 0 Å². The second-order valence-electron chi connectivity index (χ2n) is 8.46. The van der Waals surface area contributed by atoms with Gasteiger partial charge >= 0.3 is 6.09 Å². The quantitative estimate of drug-likeness (QED) is 0.115. The topological polar surface area (TPSA) is 117 Å². The number of hydrogen-bond acceptors (Lipinski definition) is 6. The lowest BCUT2D eigenvalue weighted by atomic mass is 9.94. The van der Waals surface area contributed by atoms with Gasteiger partial charge in [0.2, 0.25) is 0 Å². The first kappa shape index (κ1) is 26.2. The van der Waals surface area contributed by atoms with Crippen molar-refractivity contribution in [3.63, 3.8) is 0 Å². The summed E-state index contributed by atoms with van der Waals surface area (Å²) in [4.78, 5) is 24.5. The molecule has 0 heterocycles. The van der Waals surface area contributed by atoms with Crippen molar-refractivity contribution in [3.05, 3.63) is 115 Å². The summed E-state index contributed by atoms with van der Waals surface area (Å²) in [5.41, 5.74) is 2.78. The summed E-state index contributed by atoms with van der Waals surface area (Å²) in [6.45, 7) is 0. The number of aromatic hydroxyl groups is 1. The number of allylic oxidation sites excluding steroid dienone is 1. The average molecular weight is 513 g/mol. The van der Waals surface area contributed by atoms with Crippen LogP contribution in [-0.2, 0) is 9.53 Å². The summed E-state index contributed by atoms with van der Waals surface area (Å²) in [5, 5.41) is 23.3. The predicted molar refractivity (Wildman–Crippen MR) is 144 cm³/mol. The molecular weight excluding hydrogens is 484 g/mol. The molecule has 4 N–H and O–H groups in total. The van der Waals surface area contributed by atoms with Crippen LogP contribution in [0.4, 0.5) is 10.5 Å². The number of benzene rings is 4. The van der Waals surface area contributed by atoms with E-state index in [1.165, 1.54) is 6.08 Å². The Morgan fingerprint density at radius 3 is 2.21 bits per heavy atom. The maximum Gasteiger partial charge on any atom is 0.412 e. The highest BCUT2D eigenvalue weighted by molar-refractivity contribution is 5.91. The molecule has 0 spiro atoms. The van der Waals surface area contributed by atoms with Crippen molar-refractivity contribution < 1.29 is 29.4 Å². The Labute approximate surface area is 220 Å². The number of rotatable bonds is 10. The molecule has 0 aromatic heterocycles. The fourth-order valence-corrected chi connectivity index (χ4v) is 4.11. The standard InChI is InChI=1S/C30H28N2O6/c33-26-20-19-25(23-15-7-8-16-24(23)26)29(38-30(35)31-21-11-3-1-4-12-21)27(17-9-10-18-28(34)32-36)37-22-13-5-2-6-14-22/h1-8,10-16,18-20,27,29,33,36H,9,17H2,(H,31,35)(H,32,34)/b18-10+/t27-,29-/m1/s1. The number of para-hydroxylation sites is 2. The number of anilines is 1. The molecule has 0 fully saturated rings. The van der Waals surface area contributed by atoms with E-state index in [1.54, 1.807) is 66.2 Å². The Hall–Kier alpha value is -4.82. The first-order valence-electron chi connectivity index (χ1n) is 12.1. The highest BCUT2D eigenvalue weighted by atomic mass is 16.6. The van der Waals surface area contributed by atoms with E-state index in [0.29, 0.717) is 40.6 Å². The van der Waals surface area contributed by atoms with Gasteiger partial charge in [0.15, 0.2) is 6.10 Å². The first-order chi connectivity index (χ1) is 18.5. The Balaban J connectivity index is 1.72. The van der Waals surface area contributed by atoms with Gasteiger partial charge in [0, 0.05) is 22.7 Å². The van der Waals surface area contributed by atoms with Gasteiger partial charge < -0.3 is 14.6 Å². The molecule has 2 atom stereocenters. The molecule has 4 aromatic carbocycles. The summed E-state index contributed by atoms with van der Waals surface area (Å²) >= 11 is 0. The zero-order valence-corrected chi connectivity index (χ0v) is 20.5. The summed E-state index contributed by atoms with van der Waals surface area (Å²) in [7, 11) is 0. The first-order valence-corrected chi connectivity index (χ1v) is 12.1. The van der Waals surface area contributed by atoms with E-state index >= 15 is 0 Å². The van der Waals surface area contributed by atoms with Crippen molar-refractivity contribution in [1.29, 1.82) is 0 Å². The fourth-order valence-electron chi connectivity index (χ4n) is 4.11. The van der Waals surface area contributed by atoms with Gasteiger partial charge in [-0.1, -0.05) is 72.8 Å². The van der Waals surface area contributed by atoms with Gasteiger partial charge in [0.25, 0.3) is 5.91 Å². The van der Waals surface area contributed by atoms with E-state index < -0.39 is 24.2 Å². The SMILES string of the molecule is O=C(/C=C/CC[C@@H](Oc1ccccc1)[C@H](OC(=O)Nc1ccccc1)c1ccc(O)c2ccccc12)NO. The van der Waals surface area contributed by atoms with Gasteiger partial charge in [-0.15, -0.1) is 0 Å². The van der Waals surface area contributed by atoms with Crippen molar-refractivity contribution in [2.24, 2.45) is 0 Å². The summed E-state index contributed by atoms with van der Waals surface area (Å²) in [5.74, 6) is 0.0372. The van der Waals surface area contributed by atoms with E-state index in [1.807, 2.05) is 42.5 Å². The maximum absolute atomic E-state index is 13.1. The molecule has 0 unspecified atom stereocenters. The zero-order chi connectivity index (χ0) is 26.7. The maximum atomic E-state index is 13.1. The van der Waals surface area contributed by atoms with Crippen LogP contribution in [0.15, 0.2) is 109 Å². The molecule has 0 aliphatic carbocycles. The van der Waals surface area contributed by atoms with Crippen LogP contribution in [0.25, 0.3) is 10.8 Å². The highest BCUT2D eigenvalue weighted by Gasteiger charge is 2.30. The molecule has 0 radical (unpaired) electrons. The highest BCUT2D eigenvalue weighted by Crippen LogP contribution is 2.36. The van der Waals surface area contributed by atoms with Gasteiger partial charge in [-0.2, -0.15) is 0 Å². The molecule has 8 heteroatoms. The predicted octanol–water partition coefficient (Wildman–Crippen LogP) is 6.12. The lowest BCUT2D eigenvalue weighted by Gasteiger charge is -2.29. The van der Waals surface area contributed by atoms with Crippen molar-refractivity contribution in [3.8, 4) is 11.5 Å². The van der Waals surface area contributed by atoms with Crippen molar-refractivity contribution in [2.75, 3.05) is 5.32 Å². The lowest BCUT2D eigenvalue weighted by Crippen LogP contribution is -2.31. The molecule has 0 aliphatic rings. The third kappa shape index (κ3) is 6.89. The van der Waals surface area contributed by atoms with Gasteiger partial charge in [0.1, 0.15) is 17.6 Å². The zero-order valence-electron chi connectivity index (χ0n) is 20.5. The second-order valence-corrected chi connectivity index (χ2v) is 8.46. The fraction of sp³-hybridized carbons (Fsp3) is 0.133. The third-order valence-electron chi connectivity index (χ3n) is 5.86. The van der Waals surface area contributed by atoms with Crippen molar-refractivity contribution in [1.82, 2.24) is 5.48 Å². The van der Waals surface area contributed by atoms with E-state index in [0.717, 1.165) is 0 Å². The molecule has 0 aliphatic heterocycles. The van der Waals surface area contributed by atoms with Gasteiger partial charge in [-0.05, 0) is 48.6 Å². The Morgan fingerprint density at radius 2 is 1.50 bits per heavy atom. The molecule has 4 aromatic rings. The second kappa shape index (κ2) is 12.9. The molecule has 194 valence electrons. The van der Waals surface area contributed by atoms with Crippen LogP contribution >= 0.6 is 0 Å². The molecule has 2 amide bonds. The molecular formula is C30H28N2O6. The van der Waals surface area contributed by atoms with E-state index in [4.69, 9.17) is 14.7 Å². The Kier molecular flexibility index (Phi) is 8.93. The summed E-state index contributed by atoms with van der Waals surface area (Å²) < 4.78 is 12.4. The number of nitrogens with one attached hydrogen (secondary N) is 2. The number of amides is 2. The number of hydrogen-bond donors (Lipinski definition) is 4. The van der Waals surface area contributed by atoms with Crippen molar-refractivity contribution in [2.45, 2.75) is 25.0 Å². The number of hydroxylamine groups is 1. The number of carbonyl (C=O) groups excluding carboxylic acids is 2. The number of carbonyl (C=O) groups is 2. The van der Waals surface area contributed by atoms with Crippen LogP contribution < -0.4 is 15.5 Å². The number of ether oxygens (including phenoxy) is 2. The van der Waals surface area contributed by atoms with Crippen LogP contribution in [0.2, 0.25) is 0 Å². The Bertz CT molecular complexity index is 1390. The minimum Gasteiger partial charge on any atom is -0.507 e. The van der Waals surface area contributed by atoms with Crippen LogP contribution in [-0.4, -0.2) is 28.4 Å². The van der Waals surface area contributed by atoms with Gasteiger partial charge in [0.05, 0.1) is 0 Å². The average Bonchev–Trinajstić information content (AvgIpc) is 2.95. The summed E-state index contributed by atoms with van der Waals surface area (Å²) in [6.07, 6.45) is 1.34. The molecule has 0 saturated carbocycles. The molecule has 4 rings (SSSR count). The molecule has 0 bridgehead atoms. The largest absolute Gasteiger partial charge is 0.507 e. The number of phenols is 1. The van der Waals surface area contributed by atoms with E-state index in [9.17, 15) is 14.7 Å². The lowest BCUT2D eigenvalue weighted by molar-refractivity contribution is -0.124. The minimum absolute atomic E-state index is 0.107. The van der Waals surface area contributed by atoms with Crippen LogP contribution in [0.1, 0.15) is 24.5 Å². The van der Waals surface area contributed by atoms with Gasteiger partial charge in [-0.3, -0.25) is 15.3 Å². The Morgan fingerprint density at radius 1 is 0.842 bits per heavy atom.